The smallest absolute Gasteiger partial charge is 0.164 e. The van der Waals surface area contributed by atoms with E-state index in [1.165, 1.54) is 41.2 Å². The summed E-state index contributed by atoms with van der Waals surface area (Å²) in [5.41, 5.74) is 6.40. The molecule has 0 fully saturated rings. The molecule has 0 radical (unpaired) electrons. The quantitative estimate of drug-likeness (QED) is 0.335. The van der Waals surface area contributed by atoms with Crippen molar-refractivity contribution in [3.05, 3.63) is 70.5 Å². The summed E-state index contributed by atoms with van der Waals surface area (Å²) >= 11 is 0. The van der Waals surface area contributed by atoms with Crippen LogP contribution in [0.1, 0.15) is 85.1 Å². The van der Waals surface area contributed by atoms with Gasteiger partial charge in [0.15, 0.2) is 5.82 Å². The number of allylic oxidation sites excluding steroid dienone is 8. The second-order valence-electron chi connectivity index (χ2n) is 7.83. The molecule has 0 saturated heterocycles. The molecule has 0 amide bonds. The number of hydrogen-bond donors (Lipinski definition) is 0. The van der Waals surface area contributed by atoms with E-state index < -0.39 is 0 Å². The van der Waals surface area contributed by atoms with Crippen molar-refractivity contribution < 1.29 is 8.81 Å². The van der Waals surface area contributed by atoms with Crippen molar-refractivity contribution in [3.63, 3.8) is 0 Å². The Kier molecular flexibility index (Phi) is 11.5. The van der Waals surface area contributed by atoms with Gasteiger partial charge in [-0.3, -0.25) is 0 Å². The van der Waals surface area contributed by atoms with Gasteiger partial charge in [-0.05, 0) is 86.0 Å². The molecule has 1 nitrogen and oxygen atoms in total. The van der Waals surface area contributed by atoms with Crippen molar-refractivity contribution in [2.75, 3.05) is 0 Å². The van der Waals surface area contributed by atoms with E-state index in [0.29, 0.717) is 12.0 Å². The lowest BCUT2D eigenvalue weighted by atomic mass is 10.0. The highest BCUT2D eigenvalue weighted by molar-refractivity contribution is 5.11. The summed E-state index contributed by atoms with van der Waals surface area (Å²) in [6.45, 7) is 10.9. The maximum atomic E-state index is 13.3. The third-order valence-corrected chi connectivity index (χ3v) is 4.75. The molecule has 2 heteroatoms. The topological polar surface area (TPSA) is 13.1 Å². The predicted molar refractivity (Wildman–Crippen MR) is 115 cm³/mol. The van der Waals surface area contributed by atoms with Crippen LogP contribution in [0.25, 0.3) is 0 Å². The van der Waals surface area contributed by atoms with Gasteiger partial charge in [0.05, 0.1) is 6.26 Å². The average molecular weight is 373 g/mol. The lowest BCUT2D eigenvalue weighted by Gasteiger charge is -2.03. The minimum atomic E-state index is -0.235. The molecular formula is C25H37FO. The number of halogens is 1. The molecule has 1 aromatic rings. The van der Waals surface area contributed by atoms with E-state index in [1.54, 1.807) is 0 Å². The Hall–Kier alpha value is -1.83. The molecule has 0 aromatic carbocycles. The SMILES string of the molecule is CC(C)=CCC/C(C)=C/CC/C(C)=C/CC/C(C)=C/CCc1cocc1F. The van der Waals surface area contributed by atoms with Gasteiger partial charge in [0, 0.05) is 5.56 Å². The summed E-state index contributed by atoms with van der Waals surface area (Å²) in [4.78, 5) is 0. The van der Waals surface area contributed by atoms with Gasteiger partial charge in [0.1, 0.15) is 6.26 Å². The molecule has 0 bridgehead atoms. The van der Waals surface area contributed by atoms with Gasteiger partial charge in [-0.1, -0.05) is 46.6 Å². The van der Waals surface area contributed by atoms with Crippen LogP contribution < -0.4 is 0 Å². The van der Waals surface area contributed by atoms with Crippen molar-refractivity contribution in [3.8, 4) is 0 Å². The maximum Gasteiger partial charge on any atom is 0.164 e. The molecule has 0 atom stereocenters. The second kappa shape index (κ2) is 13.4. The third-order valence-electron chi connectivity index (χ3n) is 4.75. The molecular weight excluding hydrogens is 335 g/mol. The van der Waals surface area contributed by atoms with Crippen LogP contribution in [0.2, 0.25) is 0 Å². The molecule has 0 aliphatic carbocycles. The zero-order valence-electron chi connectivity index (χ0n) is 17.9. The Morgan fingerprint density at radius 2 is 1.22 bits per heavy atom. The van der Waals surface area contributed by atoms with E-state index >= 15 is 0 Å². The molecule has 1 heterocycles. The van der Waals surface area contributed by atoms with E-state index in [1.807, 2.05) is 0 Å². The molecule has 27 heavy (non-hydrogen) atoms. The first-order valence-corrected chi connectivity index (χ1v) is 10.2. The fraction of sp³-hybridized carbons (Fsp3) is 0.520. The van der Waals surface area contributed by atoms with E-state index in [2.05, 4.69) is 58.9 Å². The summed E-state index contributed by atoms with van der Waals surface area (Å²) in [6, 6.07) is 0. The molecule has 0 N–H and O–H groups in total. The van der Waals surface area contributed by atoms with Gasteiger partial charge >= 0.3 is 0 Å². The first kappa shape index (κ1) is 23.2. The van der Waals surface area contributed by atoms with Crippen LogP contribution in [0.15, 0.2) is 63.5 Å². The van der Waals surface area contributed by atoms with Crippen LogP contribution in [0.5, 0.6) is 0 Å². The number of aryl methyl sites for hydroxylation is 1. The Morgan fingerprint density at radius 1 is 0.741 bits per heavy atom. The van der Waals surface area contributed by atoms with E-state index in [0.717, 1.165) is 38.5 Å². The van der Waals surface area contributed by atoms with Crippen molar-refractivity contribution in [2.24, 2.45) is 0 Å². The number of hydrogen-bond acceptors (Lipinski definition) is 1. The van der Waals surface area contributed by atoms with E-state index in [9.17, 15) is 4.39 Å². The molecule has 1 rings (SSSR count). The first-order valence-electron chi connectivity index (χ1n) is 10.2. The highest BCUT2D eigenvalue weighted by Gasteiger charge is 2.02. The fourth-order valence-corrected chi connectivity index (χ4v) is 2.95. The van der Waals surface area contributed by atoms with Crippen LogP contribution in [-0.2, 0) is 6.42 Å². The molecule has 150 valence electrons. The van der Waals surface area contributed by atoms with Crippen molar-refractivity contribution in [2.45, 2.75) is 86.0 Å². The summed E-state index contributed by atoms with van der Waals surface area (Å²) < 4.78 is 18.1. The normalized spacial score (nSPS) is 13.2. The second-order valence-corrected chi connectivity index (χ2v) is 7.83. The fourth-order valence-electron chi connectivity index (χ4n) is 2.95. The van der Waals surface area contributed by atoms with Gasteiger partial charge in [0.2, 0.25) is 0 Å². The molecule has 0 aliphatic heterocycles. The summed E-state index contributed by atoms with van der Waals surface area (Å²) in [5.74, 6) is -0.235. The summed E-state index contributed by atoms with van der Waals surface area (Å²) in [6.07, 6.45) is 20.3. The Morgan fingerprint density at radius 3 is 1.67 bits per heavy atom. The highest BCUT2D eigenvalue weighted by Crippen LogP contribution is 2.15. The maximum absolute atomic E-state index is 13.3. The highest BCUT2D eigenvalue weighted by atomic mass is 19.1. The van der Waals surface area contributed by atoms with Crippen LogP contribution in [-0.4, -0.2) is 0 Å². The van der Waals surface area contributed by atoms with Crippen molar-refractivity contribution >= 4 is 0 Å². The first-order chi connectivity index (χ1) is 12.9. The minimum Gasteiger partial charge on any atom is -0.469 e. The number of furan rings is 1. The zero-order valence-corrected chi connectivity index (χ0v) is 17.9. The van der Waals surface area contributed by atoms with Gasteiger partial charge in [-0.2, -0.15) is 0 Å². The van der Waals surface area contributed by atoms with Crippen LogP contribution >= 0.6 is 0 Å². The minimum absolute atomic E-state index is 0.235. The van der Waals surface area contributed by atoms with Crippen LogP contribution in [0, 0.1) is 5.82 Å². The summed E-state index contributed by atoms with van der Waals surface area (Å²) in [5, 5.41) is 0. The van der Waals surface area contributed by atoms with Gasteiger partial charge in [0.25, 0.3) is 0 Å². The standard InChI is InChI=1S/C25H37FO/c1-20(2)10-6-11-21(3)12-7-13-22(4)14-8-15-23(5)16-9-17-24-18-27-19-25(24)26/h10,12,14,16,18-19H,6-9,11,13,15,17H2,1-5H3/b21-12+,22-14+,23-16+. The molecule has 1 aromatic heterocycles. The Labute approximate surface area is 165 Å². The molecule has 0 saturated carbocycles. The lowest BCUT2D eigenvalue weighted by Crippen LogP contribution is -1.85. The van der Waals surface area contributed by atoms with Gasteiger partial charge in [-0.15, -0.1) is 0 Å². The molecule has 0 unspecified atom stereocenters. The van der Waals surface area contributed by atoms with Crippen molar-refractivity contribution in [1.82, 2.24) is 0 Å². The average Bonchev–Trinajstić information content (AvgIpc) is 2.99. The predicted octanol–water partition coefficient (Wildman–Crippen LogP) is 8.50. The van der Waals surface area contributed by atoms with Crippen molar-refractivity contribution in [1.29, 1.82) is 0 Å². The molecule has 0 aliphatic rings. The lowest BCUT2D eigenvalue weighted by molar-refractivity contribution is 0.532. The monoisotopic (exact) mass is 372 g/mol. The summed E-state index contributed by atoms with van der Waals surface area (Å²) in [7, 11) is 0. The van der Waals surface area contributed by atoms with Gasteiger partial charge in [-0.25, -0.2) is 4.39 Å². The number of rotatable bonds is 12. The van der Waals surface area contributed by atoms with Gasteiger partial charge < -0.3 is 4.42 Å². The van der Waals surface area contributed by atoms with Crippen LogP contribution in [0.4, 0.5) is 4.39 Å². The largest absolute Gasteiger partial charge is 0.469 e. The van der Waals surface area contributed by atoms with E-state index in [4.69, 9.17) is 4.42 Å². The Bertz CT molecular complexity index is 666. The third kappa shape index (κ3) is 11.5. The van der Waals surface area contributed by atoms with Crippen LogP contribution in [0.3, 0.4) is 0 Å². The molecule has 0 spiro atoms. The van der Waals surface area contributed by atoms with E-state index in [-0.39, 0.29) is 5.82 Å². The zero-order chi connectivity index (χ0) is 20.1. The Balaban J connectivity index is 2.22.